The van der Waals surface area contributed by atoms with E-state index < -0.39 is 57.5 Å². The smallest absolute Gasteiger partial charge is 0.416 e. The summed E-state index contributed by atoms with van der Waals surface area (Å²) in [6.45, 7) is 2.87. The molecule has 4 nitrogen and oxygen atoms in total. The largest absolute Gasteiger partial charge is 0.436 e. The number of hydrogen-bond donors (Lipinski definition) is 1. The summed E-state index contributed by atoms with van der Waals surface area (Å²) >= 11 is 5.04. The highest BCUT2D eigenvalue weighted by atomic mass is 32.1. The number of oxazole rings is 1. The molecule has 4 rings (SSSR count). The zero-order chi connectivity index (χ0) is 25.3. The maximum atomic E-state index is 15.6. The first-order chi connectivity index (χ1) is 15.6. The van der Waals surface area contributed by atoms with Crippen LogP contribution in [0, 0.1) is 11.6 Å². The van der Waals surface area contributed by atoms with Crippen molar-refractivity contribution in [2.24, 2.45) is 0 Å². The normalized spacial score (nSPS) is 22.5. The lowest BCUT2D eigenvalue weighted by Gasteiger charge is -2.44. The van der Waals surface area contributed by atoms with Crippen LogP contribution in [0.4, 0.5) is 30.7 Å². The Balaban J connectivity index is 1.90. The van der Waals surface area contributed by atoms with E-state index in [0.717, 1.165) is 39.0 Å². The average Bonchev–Trinajstić information content (AvgIpc) is 3.12. The van der Waals surface area contributed by atoms with Crippen molar-refractivity contribution in [3.63, 3.8) is 0 Å². The third-order valence-corrected chi connectivity index (χ3v) is 6.10. The lowest BCUT2D eigenvalue weighted by molar-refractivity contribution is -0.216. The molecule has 34 heavy (non-hydrogen) atoms. The molecule has 1 fully saturated rings. The number of hydrogen-bond acceptors (Lipinski definition) is 4. The Bertz CT molecular complexity index is 1300. The number of fused-ring (bicyclic) bond motifs is 1. The molecule has 2 aromatic carbocycles. The molecular formula is C22H17F7N2O2S. The number of ether oxygens (including phenoxy) is 1. The van der Waals surface area contributed by atoms with E-state index in [1.807, 2.05) is 0 Å². The lowest BCUT2D eigenvalue weighted by Crippen LogP contribution is -2.62. The van der Waals surface area contributed by atoms with Gasteiger partial charge in [-0.3, -0.25) is 0 Å². The zero-order valence-electron chi connectivity index (χ0n) is 17.9. The SMILES string of the molecule is CC1(C)OCC(=S)NC(C)(c2cc(-c3nc4ccc(C(F)(F)F)cc4o3)c(F)cc2F)C1(F)F. The van der Waals surface area contributed by atoms with Crippen LogP contribution in [0.15, 0.2) is 34.7 Å². The number of rotatable bonds is 2. The predicted molar refractivity (Wildman–Crippen MR) is 112 cm³/mol. The van der Waals surface area contributed by atoms with Crippen molar-refractivity contribution in [2.75, 3.05) is 6.61 Å². The van der Waals surface area contributed by atoms with Crippen LogP contribution in [-0.2, 0) is 16.5 Å². The quantitative estimate of drug-likeness (QED) is 0.324. The number of nitrogens with zero attached hydrogens (tertiary/aromatic N) is 1. The Hall–Kier alpha value is -2.73. The number of thiocarbonyl (C=S) groups is 1. The maximum absolute atomic E-state index is 15.6. The standard InChI is InChI=1S/C22H17F7N2O2S/c1-19(2)22(28,29)20(3,31-17(34)9-32-19)12-7-11(13(23)8-14(12)24)18-30-15-5-4-10(21(25,26)27)6-16(15)33-18/h4-8H,9H2,1-3H3,(H,31,34). The molecule has 1 unspecified atom stereocenters. The van der Waals surface area contributed by atoms with Gasteiger partial charge in [-0.2, -0.15) is 13.2 Å². The number of alkyl halides is 5. The fraction of sp³-hybridized carbons (Fsp3) is 0.364. The van der Waals surface area contributed by atoms with Crippen LogP contribution < -0.4 is 5.32 Å². The van der Waals surface area contributed by atoms with E-state index in [2.05, 4.69) is 10.3 Å². The summed E-state index contributed by atoms with van der Waals surface area (Å²) < 4.78 is 110. The third-order valence-electron chi connectivity index (χ3n) is 5.88. The first-order valence-electron chi connectivity index (χ1n) is 9.87. The van der Waals surface area contributed by atoms with E-state index in [1.165, 1.54) is 0 Å². The van der Waals surface area contributed by atoms with Crippen molar-refractivity contribution in [2.45, 2.75) is 44.0 Å². The molecule has 0 amide bonds. The Morgan fingerprint density at radius 3 is 2.35 bits per heavy atom. The van der Waals surface area contributed by atoms with Gasteiger partial charge in [0.2, 0.25) is 5.89 Å². The Morgan fingerprint density at radius 1 is 1.03 bits per heavy atom. The lowest BCUT2D eigenvalue weighted by atomic mass is 9.77. The molecular weight excluding hydrogens is 489 g/mol. The predicted octanol–water partition coefficient (Wildman–Crippen LogP) is 6.37. The highest BCUT2D eigenvalue weighted by Crippen LogP contribution is 2.49. The fourth-order valence-corrected chi connectivity index (χ4v) is 4.14. The van der Waals surface area contributed by atoms with Crippen molar-refractivity contribution in [1.82, 2.24) is 10.3 Å². The van der Waals surface area contributed by atoms with Crippen LogP contribution in [0.1, 0.15) is 31.9 Å². The van der Waals surface area contributed by atoms with Gasteiger partial charge < -0.3 is 14.5 Å². The van der Waals surface area contributed by atoms with Crippen molar-refractivity contribution >= 4 is 28.3 Å². The fourth-order valence-electron chi connectivity index (χ4n) is 3.88. The van der Waals surface area contributed by atoms with Crippen LogP contribution in [-0.4, -0.2) is 28.1 Å². The van der Waals surface area contributed by atoms with Crippen LogP contribution in [0.2, 0.25) is 0 Å². The van der Waals surface area contributed by atoms with Crippen molar-refractivity contribution < 1.29 is 39.9 Å². The number of benzene rings is 2. The van der Waals surface area contributed by atoms with E-state index >= 15 is 8.78 Å². The molecule has 1 aromatic heterocycles. The monoisotopic (exact) mass is 506 g/mol. The molecule has 1 aliphatic rings. The topological polar surface area (TPSA) is 47.3 Å². The van der Waals surface area contributed by atoms with E-state index in [-0.39, 0.29) is 22.7 Å². The molecule has 1 atom stereocenters. The second-order valence-corrected chi connectivity index (χ2v) is 9.05. The molecule has 12 heteroatoms. The highest BCUT2D eigenvalue weighted by Gasteiger charge is 2.64. The van der Waals surface area contributed by atoms with Gasteiger partial charge in [0.15, 0.2) is 5.58 Å². The van der Waals surface area contributed by atoms with E-state index in [9.17, 15) is 22.0 Å². The van der Waals surface area contributed by atoms with Crippen molar-refractivity contribution in [1.29, 1.82) is 0 Å². The van der Waals surface area contributed by atoms with E-state index in [1.54, 1.807) is 0 Å². The molecule has 182 valence electrons. The van der Waals surface area contributed by atoms with Gasteiger partial charge in [0, 0.05) is 11.6 Å². The molecule has 0 saturated carbocycles. The second-order valence-electron chi connectivity index (χ2n) is 8.56. The van der Waals surface area contributed by atoms with Crippen molar-refractivity contribution in [3.8, 4) is 11.5 Å². The van der Waals surface area contributed by atoms with Crippen LogP contribution in [0.25, 0.3) is 22.6 Å². The van der Waals surface area contributed by atoms with E-state index in [4.69, 9.17) is 21.4 Å². The summed E-state index contributed by atoms with van der Waals surface area (Å²) in [6.07, 6.45) is -4.66. The van der Waals surface area contributed by atoms with Crippen LogP contribution >= 0.6 is 12.2 Å². The second kappa shape index (κ2) is 7.64. The molecule has 0 spiro atoms. The molecule has 0 bridgehead atoms. The molecule has 0 aliphatic carbocycles. The zero-order valence-corrected chi connectivity index (χ0v) is 18.7. The van der Waals surface area contributed by atoms with Gasteiger partial charge in [0.25, 0.3) is 0 Å². The Morgan fingerprint density at radius 2 is 1.71 bits per heavy atom. The molecule has 1 aliphatic heterocycles. The van der Waals surface area contributed by atoms with Gasteiger partial charge in [-0.1, -0.05) is 12.2 Å². The molecule has 2 heterocycles. The minimum atomic E-state index is -4.66. The Labute approximate surface area is 194 Å². The minimum Gasteiger partial charge on any atom is -0.436 e. The van der Waals surface area contributed by atoms with Gasteiger partial charge in [-0.15, -0.1) is 0 Å². The summed E-state index contributed by atoms with van der Waals surface area (Å²) in [5.74, 6) is -6.78. The van der Waals surface area contributed by atoms with Gasteiger partial charge in [-0.05, 0) is 45.0 Å². The Kier molecular flexibility index (Phi) is 5.48. The van der Waals surface area contributed by atoms with Gasteiger partial charge in [0.1, 0.15) is 33.3 Å². The molecule has 1 N–H and O–H groups in total. The van der Waals surface area contributed by atoms with E-state index in [0.29, 0.717) is 12.1 Å². The molecule has 1 saturated heterocycles. The van der Waals surface area contributed by atoms with Gasteiger partial charge in [-0.25, -0.2) is 22.5 Å². The number of halogens is 7. The van der Waals surface area contributed by atoms with Gasteiger partial charge >= 0.3 is 12.1 Å². The van der Waals surface area contributed by atoms with Crippen LogP contribution in [0.3, 0.4) is 0 Å². The first kappa shape index (κ1) is 24.4. The number of nitrogens with one attached hydrogen (secondary N) is 1. The summed E-state index contributed by atoms with van der Waals surface area (Å²) in [7, 11) is 0. The van der Waals surface area contributed by atoms with Crippen LogP contribution in [0.5, 0.6) is 0 Å². The van der Waals surface area contributed by atoms with Gasteiger partial charge in [0.05, 0.1) is 17.7 Å². The van der Waals surface area contributed by atoms with Crippen molar-refractivity contribution in [3.05, 3.63) is 53.1 Å². The minimum absolute atomic E-state index is 0.0341. The molecule has 3 aromatic rings. The summed E-state index contributed by atoms with van der Waals surface area (Å²) in [5.41, 5.74) is -7.12. The average molecular weight is 506 g/mol. The summed E-state index contributed by atoms with van der Waals surface area (Å²) in [4.78, 5) is 3.82. The third kappa shape index (κ3) is 3.72. The summed E-state index contributed by atoms with van der Waals surface area (Å²) in [6, 6.07) is 3.63. The maximum Gasteiger partial charge on any atom is 0.416 e. The number of aromatic nitrogens is 1. The summed E-state index contributed by atoms with van der Waals surface area (Å²) in [5, 5.41) is 2.43. The highest BCUT2D eigenvalue weighted by molar-refractivity contribution is 7.80. The first-order valence-corrected chi connectivity index (χ1v) is 10.3. The molecule has 0 radical (unpaired) electrons.